The van der Waals surface area contributed by atoms with Crippen LogP contribution in [0.3, 0.4) is 0 Å². The molecular weight excluding hydrogens is 263 g/mol. The molecule has 4 heteroatoms. The molecule has 0 heterocycles. The van der Waals surface area contributed by atoms with E-state index in [2.05, 4.69) is 13.8 Å². The highest BCUT2D eigenvalue weighted by atomic mass is 19.4. The van der Waals surface area contributed by atoms with E-state index in [1.807, 2.05) is 13.8 Å². The van der Waals surface area contributed by atoms with Crippen LogP contribution in [0, 0.1) is 17.8 Å². The largest absolute Gasteiger partial charge is 0.404 e. The van der Waals surface area contributed by atoms with Crippen molar-refractivity contribution in [3.63, 3.8) is 0 Å². The minimum atomic E-state index is -4.16. The lowest BCUT2D eigenvalue weighted by atomic mass is 9.87. The van der Waals surface area contributed by atoms with Crippen molar-refractivity contribution in [1.82, 2.24) is 4.90 Å². The van der Waals surface area contributed by atoms with Gasteiger partial charge in [-0.2, -0.15) is 13.2 Å². The van der Waals surface area contributed by atoms with Crippen LogP contribution in [0.2, 0.25) is 0 Å². The van der Waals surface area contributed by atoms with Gasteiger partial charge in [0.05, 0.1) is 0 Å². The Hall–Kier alpha value is -0.250. The molecule has 20 heavy (non-hydrogen) atoms. The quantitative estimate of drug-likeness (QED) is 0.630. The number of alkyl halides is 3. The Labute approximate surface area is 121 Å². The van der Waals surface area contributed by atoms with Crippen LogP contribution >= 0.6 is 0 Å². The van der Waals surface area contributed by atoms with Crippen LogP contribution in [0.5, 0.6) is 0 Å². The minimum absolute atomic E-state index is 0.396. The number of rotatable bonds is 7. The van der Waals surface area contributed by atoms with Crippen LogP contribution in [-0.2, 0) is 0 Å². The monoisotopic (exact) mass is 293 g/mol. The summed E-state index contributed by atoms with van der Waals surface area (Å²) in [6.07, 6.45) is -1.20. The zero-order valence-electron chi connectivity index (χ0n) is 13.7. The maximum Gasteiger partial charge on any atom is 0.404 e. The molecule has 0 aromatic rings. The summed E-state index contributed by atoms with van der Waals surface area (Å²) in [5.74, 6) is 0.443. The molecule has 0 spiro atoms. The molecular formula is C16H30F3N. The van der Waals surface area contributed by atoms with Gasteiger partial charge in [0.1, 0.15) is 6.04 Å². The molecule has 0 N–H and O–H groups in total. The topological polar surface area (TPSA) is 3.24 Å². The number of halogens is 3. The van der Waals surface area contributed by atoms with E-state index in [1.54, 1.807) is 18.7 Å². The Morgan fingerprint density at radius 3 is 1.85 bits per heavy atom. The van der Waals surface area contributed by atoms with Crippen LogP contribution in [0.4, 0.5) is 13.2 Å². The maximum absolute atomic E-state index is 13.5. The van der Waals surface area contributed by atoms with Crippen molar-refractivity contribution in [3.8, 4) is 0 Å². The average molecular weight is 293 g/mol. The van der Waals surface area contributed by atoms with Gasteiger partial charge in [-0.25, -0.2) is 0 Å². The molecule has 0 amide bonds. The first-order chi connectivity index (χ1) is 8.95. The van der Waals surface area contributed by atoms with Crippen LogP contribution < -0.4 is 0 Å². The fraction of sp³-hybridized carbons (Fsp3) is 1.00. The molecule has 0 bridgehead atoms. The Kier molecular flexibility index (Phi) is 5.56. The van der Waals surface area contributed by atoms with Crippen molar-refractivity contribution >= 4 is 0 Å². The average Bonchev–Trinajstić information content (AvgIpc) is 2.95. The van der Waals surface area contributed by atoms with Gasteiger partial charge < -0.3 is 0 Å². The highest BCUT2D eigenvalue weighted by molar-refractivity contribution is 4.94. The third-order valence-corrected chi connectivity index (χ3v) is 4.14. The lowest BCUT2D eigenvalue weighted by molar-refractivity contribution is -0.210. The van der Waals surface area contributed by atoms with Crippen molar-refractivity contribution in [3.05, 3.63) is 0 Å². The summed E-state index contributed by atoms with van der Waals surface area (Å²) in [4.78, 5) is 1.75. The molecule has 1 aliphatic carbocycles. The Bertz CT molecular complexity index is 303. The van der Waals surface area contributed by atoms with E-state index in [-0.39, 0.29) is 0 Å². The SMILES string of the molecule is CC(C)CC(C)(C)N(CC1CC1)[C@@H](C(C)C)C(F)(F)F. The fourth-order valence-corrected chi connectivity index (χ4v) is 3.35. The first-order valence-electron chi connectivity index (χ1n) is 7.78. The summed E-state index contributed by atoms with van der Waals surface area (Å²) in [5.41, 5.74) is -0.415. The van der Waals surface area contributed by atoms with E-state index in [0.717, 1.165) is 19.3 Å². The molecule has 0 radical (unpaired) electrons. The van der Waals surface area contributed by atoms with Crippen molar-refractivity contribution in [1.29, 1.82) is 0 Å². The lowest BCUT2D eigenvalue weighted by Gasteiger charge is -2.47. The summed E-state index contributed by atoms with van der Waals surface area (Å²) in [6.45, 7) is 12.0. The molecule has 0 aromatic heterocycles. The van der Waals surface area contributed by atoms with E-state index in [1.165, 1.54) is 0 Å². The number of nitrogens with zero attached hydrogens (tertiary/aromatic N) is 1. The molecule has 1 atom stereocenters. The van der Waals surface area contributed by atoms with Crippen LogP contribution in [0.15, 0.2) is 0 Å². The smallest absolute Gasteiger partial charge is 0.287 e. The normalized spacial score (nSPS) is 19.2. The Morgan fingerprint density at radius 1 is 1.05 bits per heavy atom. The summed E-state index contributed by atoms with van der Waals surface area (Å²) in [7, 11) is 0. The molecule has 0 aliphatic heterocycles. The first kappa shape index (κ1) is 17.8. The van der Waals surface area contributed by atoms with Crippen molar-refractivity contribution < 1.29 is 13.2 Å². The molecule has 120 valence electrons. The van der Waals surface area contributed by atoms with Gasteiger partial charge in [-0.15, -0.1) is 0 Å². The lowest BCUT2D eigenvalue weighted by Crippen LogP contribution is -2.58. The molecule has 0 unspecified atom stereocenters. The predicted octanol–water partition coefficient (Wildman–Crippen LogP) is 5.11. The van der Waals surface area contributed by atoms with E-state index >= 15 is 0 Å². The molecule has 1 aliphatic rings. The van der Waals surface area contributed by atoms with Gasteiger partial charge in [0.25, 0.3) is 0 Å². The minimum Gasteiger partial charge on any atom is -0.287 e. The van der Waals surface area contributed by atoms with Crippen molar-refractivity contribution in [2.24, 2.45) is 17.8 Å². The summed E-state index contributed by atoms with van der Waals surface area (Å²) < 4.78 is 40.6. The van der Waals surface area contributed by atoms with E-state index in [9.17, 15) is 13.2 Å². The van der Waals surface area contributed by atoms with Gasteiger partial charge in [-0.3, -0.25) is 4.90 Å². The van der Waals surface area contributed by atoms with Gasteiger partial charge in [0.15, 0.2) is 0 Å². The third kappa shape index (κ3) is 4.94. The van der Waals surface area contributed by atoms with Crippen LogP contribution in [0.25, 0.3) is 0 Å². The molecule has 1 rings (SSSR count). The second-order valence-electron chi connectivity index (χ2n) is 7.74. The van der Waals surface area contributed by atoms with Crippen molar-refractivity contribution in [2.45, 2.75) is 78.6 Å². The first-order valence-corrected chi connectivity index (χ1v) is 7.78. The molecule has 1 nitrogen and oxygen atoms in total. The zero-order valence-corrected chi connectivity index (χ0v) is 13.7. The van der Waals surface area contributed by atoms with Gasteiger partial charge in [-0.1, -0.05) is 27.7 Å². The number of hydrogen-bond acceptors (Lipinski definition) is 1. The summed E-state index contributed by atoms with van der Waals surface area (Å²) in [6, 6.07) is -1.34. The maximum atomic E-state index is 13.5. The molecule has 1 saturated carbocycles. The second kappa shape index (κ2) is 6.25. The Morgan fingerprint density at radius 2 is 1.55 bits per heavy atom. The van der Waals surface area contributed by atoms with Gasteiger partial charge in [0.2, 0.25) is 0 Å². The molecule has 1 fully saturated rings. The van der Waals surface area contributed by atoms with Crippen molar-refractivity contribution in [2.75, 3.05) is 6.54 Å². The van der Waals surface area contributed by atoms with E-state index in [4.69, 9.17) is 0 Å². The molecule has 0 saturated heterocycles. The highest BCUT2D eigenvalue weighted by Crippen LogP contribution is 2.40. The van der Waals surface area contributed by atoms with E-state index < -0.39 is 23.7 Å². The van der Waals surface area contributed by atoms with Gasteiger partial charge >= 0.3 is 6.18 Å². The van der Waals surface area contributed by atoms with Gasteiger partial charge in [-0.05, 0) is 50.9 Å². The van der Waals surface area contributed by atoms with Gasteiger partial charge in [0, 0.05) is 12.1 Å². The number of hydrogen-bond donors (Lipinski definition) is 0. The van der Waals surface area contributed by atoms with E-state index in [0.29, 0.717) is 18.4 Å². The van der Waals surface area contributed by atoms with Crippen LogP contribution in [0.1, 0.15) is 60.8 Å². The molecule has 0 aromatic carbocycles. The Balaban J connectivity index is 3.01. The predicted molar refractivity (Wildman–Crippen MR) is 77.6 cm³/mol. The third-order valence-electron chi connectivity index (χ3n) is 4.14. The van der Waals surface area contributed by atoms with Crippen LogP contribution in [-0.4, -0.2) is 29.2 Å². The fourth-order valence-electron chi connectivity index (χ4n) is 3.35. The summed E-state index contributed by atoms with van der Waals surface area (Å²) >= 11 is 0. The zero-order chi connectivity index (χ0) is 15.7. The second-order valence-corrected chi connectivity index (χ2v) is 7.74. The highest BCUT2D eigenvalue weighted by Gasteiger charge is 2.50. The summed E-state index contributed by atoms with van der Waals surface area (Å²) in [5, 5.41) is 0. The standard InChI is InChI=1S/C16H30F3N/c1-11(2)9-15(5,6)20(10-13-7-8-13)14(12(3)4)16(17,18)19/h11-14H,7-10H2,1-6H3/t14-/m0/s1.